The van der Waals surface area contributed by atoms with E-state index in [2.05, 4.69) is 20.1 Å². The Bertz CT molecular complexity index is 569. The van der Waals surface area contributed by atoms with Gasteiger partial charge in [0.05, 0.1) is 6.54 Å². The van der Waals surface area contributed by atoms with Gasteiger partial charge < -0.3 is 5.32 Å². The van der Waals surface area contributed by atoms with Crippen LogP contribution in [0.5, 0.6) is 0 Å². The summed E-state index contributed by atoms with van der Waals surface area (Å²) in [5.74, 6) is 2.85. The van der Waals surface area contributed by atoms with Gasteiger partial charge in [0.2, 0.25) is 5.91 Å². The summed E-state index contributed by atoms with van der Waals surface area (Å²) in [5, 5.41) is 10.1. The maximum absolute atomic E-state index is 12.0. The SMILES string of the molecule is O=C(NCc1n[nH]c(=S)n1C1CC1)[C@@H]1C[C@H]1C1CC1. The summed E-state index contributed by atoms with van der Waals surface area (Å²) in [5.41, 5.74) is 0. The van der Waals surface area contributed by atoms with Gasteiger partial charge in [-0.1, -0.05) is 0 Å². The van der Waals surface area contributed by atoms with Crippen LogP contribution in [0.15, 0.2) is 0 Å². The standard InChI is InChI=1S/C13H18N4OS/c18-12(10-5-9(10)7-1-2-7)14-6-11-15-16-13(19)17(11)8-3-4-8/h7-10H,1-6H2,(H,14,18)(H,16,19)/t9-,10+/m0/s1. The van der Waals surface area contributed by atoms with Gasteiger partial charge in [-0.15, -0.1) is 0 Å². The Labute approximate surface area is 116 Å². The number of rotatable bonds is 5. The summed E-state index contributed by atoms with van der Waals surface area (Å²) < 4.78 is 2.73. The second-order valence-electron chi connectivity index (χ2n) is 6.11. The molecule has 0 bridgehead atoms. The van der Waals surface area contributed by atoms with Crippen LogP contribution in [0.2, 0.25) is 0 Å². The average molecular weight is 278 g/mol. The molecule has 0 aliphatic heterocycles. The Morgan fingerprint density at radius 3 is 2.89 bits per heavy atom. The zero-order valence-corrected chi connectivity index (χ0v) is 11.6. The Morgan fingerprint density at radius 1 is 1.42 bits per heavy atom. The molecule has 3 aliphatic carbocycles. The van der Waals surface area contributed by atoms with Gasteiger partial charge >= 0.3 is 0 Å². The highest BCUT2D eigenvalue weighted by molar-refractivity contribution is 7.71. The number of carbonyl (C=O) groups excluding carboxylic acids is 1. The molecule has 0 radical (unpaired) electrons. The third kappa shape index (κ3) is 2.22. The predicted octanol–water partition coefficient (Wildman–Crippen LogP) is 1.94. The van der Waals surface area contributed by atoms with Crippen molar-refractivity contribution in [2.24, 2.45) is 17.8 Å². The van der Waals surface area contributed by atoms with Crippen molar-refractivity contribution in [2.75, 3.05) is 0 Å². The second kappa shape index (κ2) is 4.16. The van der Waals surface area contributed by atoms with Gasteiger partial charge in [-0.05, 0) is 56.2 Å². The quantitative estimate of drug-likeness (QED) is 0.809. The average Bonchev–Trinajstić information content (AvgIpc) is 3.25. The fraction of sp³-hybridized carbons (Fsp3) is 0.769. The van der Waals surface area contributed by atoms with Crippen LogP contribution in [0.25, 0.3) is 0 Å². The minimum absolute atomic E-state index is 0.202. The lowest BCUT2D eigenvalue weighted by Crippen LogP contribution is -2.26. The maximum Gasteiger partial charge on any atom is 0.223 e. The molecular weight excluding hydrogens is 260 g/mol. The molecule has 5 nitrogen and oxygen atoms in total. The van der Waals surface area contributed by atoms with E-state index >= 15 is 0 Å². The van der Waals surface area contributed by atoms with E-state index in [-0.39, 0.29) is 11.8 Å². The molecule has 19 heavy (non-hydrogen) atoms. The molecule has 2 N–H and O–H groups in total. The molecule has 3 aliphatic rings. The van der Waals surface area contributed by atoms with Crippen molar-refractivity contribution in [3.05, 3.63) is 10.6 Å². The van der Waals surface area contributed by atoms with E-state index in [1.54, 1.807) is 0 Å². The van der Waals surface area contributed by atoms with E-state index in [0.29, 0.717) is 23.3 Å². The Morgan fingerprint density at radius 2 is 2.21 bits per heavy atom. The van der Waals surface area contributed by atoms with Crippen molar-refractivity contribution < 1.29 is 4.79 Å². The summed E-state index contributed by atoms with van der Waals surface area (Å²) in [6.45, 7) is 0.496. The van der Waals surface area contributed by atoms with Crippen molar-refractivity contribution >= 4 is 18.1 Å². The highest BCUT2D eigenvalue weighted by atomic mass is 32.1. The molecule has 6 heteroatoms. The second-order valence-corrected chi connectivity index (χ2v) is 6.49. The van der Waals surface area contributed by atoms with Gasteiger partial charge in [0.15, 0.2) is 10.6 Å². The van der Waals surface area contributed by atoms with E-state index < -0.39 is 0 Å². The number of hydrogen-bond acceptors (Lipinski definition) is 3. The molecular formula is C13H18N4OS. The van der Waals surface area contributed by atoms with Gasteiger partial charge in [-0.3, -0.25) is 14.5 Å². The molecule has 4 rings (SSSR count). The molecule has 1 amide bonds. The Balaban J connectivity index is 1.37. The van der Waals surface area contributed by atoms with Crippen LogP contribution < -0.4 is 5.32 Å². The van der Waals surface area contributed by atoms with Crippen LogP contribution in [-0.2, 0) is 11.3 Å². The van der Waals surface area contributed by atoms with Crippen molar-refractivity contribution in [2.45, 2.75) is 44.7 Å². The molecule has 1 aromatic heterocycles. The molecule has 0 aromatic carbocycles. The van der Waals surface area contributed by atoms with Crippen molar-refractivity contribution in [1.29, 1.82) is 0 Å². The van der Waals surface area contributed by atoms with Crippen LogP contribution in [0, 0.1) is 22.5 Å². The first-order chi connectivity index (χ1) is 9.24. The first kappa shape index (κ1) is 11.6. The molecule has 0 unspecified atom stereocenters. The number of aromatic amines is 1. The van der Waals surface area contributed by atoms with Gasteiger partial charge in [-0.2, -0.15) is 5.10 Å². The monoisotopic (exact) mass is 278 g/mol. The van der Waals surface area contributed by atoms with Crippen molar-refractivity contribution in [3.63, 3.8) is 0 Å². The summed E-state index contributed by atoms with van der Waals surface area (Å²) in [6, 6.07) is 0.498. The zero-order chi connectivity index (χ0) is 13.0. The van der Waals surface area contributed by atoms with Crippen LogP contribution in [0.4, 0.5) is 0 Å². The van der Waals surface area contributed by atoms with Gasteiger partial charge in [0.1, 0.15) is 0 Å². The topological polar surface area (TPSA) is 62.7 Å². The highest BCUT2D eigenvalue weighted by Crippen LogP contribution is 2.54. The minimum atomic E-state index is 0.202. The number of H-pyrrole nitrogens is 1. The number of hydrogen-bond donors (Lipinski definition) is 2. The summed E-state index contributed by atoms with van der Waals surface area (Å²) in [6.07, 6.45) is 6.08. The normalized spacial score (nSPS) is 29.3. The number of nitrogens with one attached hydrogen (secondary N) is 2. The third-order valence-corrected chi connectivity index (χ3v) is 4.80. The van der Waals surface area contributed by atoms with E-state index in [9.17, 15) is 4.79 Å². The van der Waals surface area contributed by atoms with Gasteiger partial charge in [0, 0.05) is 12.0 Å². The maximum atomic E-state index is 12.0. The molecule has 1 heterocycles. The molecule has 1 aromatic rings. The molecule has 0 spiro atoms. The molecule has 3 saturated carbocycles. The number of carbonyl (C=O) groups is 1. The van der Waals surface area contributed by atoms with E-state index in [1.165, 1.54) is 25.7 Å². The molecule has 3 fully saturated rings. The Kier molecular flexibility index (Phi) is 2.55. The number of nitrogens with zero attached hydrogens (tertiary/aromatic N) is 2. The number of amides is 1. The third-order valence-electron chi connectivity index (χ3n) is 4.51. The highest BCUT2D eigenvalue weighted by Gasteiger charge is 2.51. The van der Waals surface area contributed by atoms with Gasteiger partial charge in [-0.25, -0.2) is 0 Å². The van der Waals surface area contributed by atoms with Crippen molar-refractivity contribution in [1.82, 2.24) is 20.1 Å². The van der Waals surface area contributed by atoms with Crippen LogP contribution >= 0.6 is 12.2 Å². The zero-order valence-electron chi connectivity index (χ0n) is 10.8. The van der Waals surface area contributed by atoms with E-state index in [0.717, 1.165) is 18.2 Å². The fourth-order valence-electron chi connectivity index (χ4n) is 3.03. The number of aromatic nitrogens is 3. The predicted molar refractivity (Wildman–Crippen MR) is 71.9 cm³/mol. The Hall–Kier alpha value is -1.17. The first-order valence-corrected chi connectivity index (χ1v) is 7.58. The lowest BCUT2D eigenvalue weighted by molar-refractivity contribution is -0.122. The summed E-state index contributed by atoms with van der Waals surface area (Å²) in [7, 11) is 0. The smallest absolute Gasteiger partial charge is 0.223 e. The molecule has 102 valence electrons. The lowest BCUT2D eigenvalue weighted by atomic mass is 10.2. The van der Waals surface area contributed by atoms with Crippen LogP contribution in [0.3, 0.4) is 0 Å². The summed E-state index contributed by atoms with van der Waals surface area (Å²) >= 11 is 5.23. The van der Waals surface area contributed by atoms with E-state index in [4.69, 9.17) is 12.2 Å². The minimum Gasteiger partial charge on any atom is -0.349 e. The van der Waals surface area contributed by atoms with Crippen LogP contribution in [0.1, 0.15) is 44.0 Å². The van der Waals surface area contributed by atoms with Crippen LogP contribution in [-0.4, -0.2) is 20.7 Å². The largest absolute Gasteiger partial charge is 0.349 e. The van der Waals surface area contributed by atoms with Gasteiger partial charge in [0.25, 0.3) is 0 Å². The first-order valence-electron chi connectivity index (χ1n) is 7.17. The summed E-state index contributed by atoms with van der Waals surface area (Å²) in [4.78, 5) is 12.0. The molecule has 0 saturated heterocycles. The van der Waals surface area contributed by atoms with Crippen molar-refractivity contribution in [3.8, 4) is 0 Å². The fourth-order valence-corrected chi connectivity index (χ4v) is 3.33. The lowest BCUT2D eigenvalue weighted by Gasteiger charge is -2.06. The molecule has 2 atom stereocenters. The van der Waals surface area contributed by atoms with E-state index in [1.807, 2.05) is 0 Å².